The molecule has 0 heterocycles. The van der Waals surface area contributed by atoms with Gasteiger partial charge in [0.2, 0.25) is 0 Å². The number of aryl methyl sites for hydroxylation is 3. The molecule has 0 saturated heterocycles. The molecule has 3 rings (SSSR count). The second-order valence-electron chi connectivity index (χ2n) is 8.64. The van der Waals surface area contributed by atoms with Crippen LogP contribution in [-0.2, 0) is 62.2 Å². The molecule has 12 heteroatoms. The molecular weight excluding hydrogens is 564 g/mol. The maximum Gasteiger partial charge on any atom is 0.297 e. The molecule has 212 valence electrons. The lowest BCUT2D eigenvalue weighted by Gasteiger charge is -2.18. The van der Waals surface area contributed by atoms with Gasteiger partial charge in [0.05, 0.1) is 27.9 Å². The van der Waals surface area contributed by atoms with Crippen molar-refractivity contribution in [3.63, 3.8) is 0 Å². The van der Waals surface area contributed by atoms with E-state index >= 15 is 0 Å². The van der Waals surface area contributed by atoms with Crippen LogP contribution in [0.1, 0.15) is 37.5 Å². The topological polar surface area (TPSA) is 130 Å². The van der Waals surface area contributed by atoms with E-state index in [1.165, 1.54) is 36.4 Å². The predicted molar refractivity (Wildman–Crippen MR) is 146 cm³/mol. The molecule has 0 fully saturated rings. The van der Waals surface area contributed by atoms with E-state index in [4.69, 9.17) is 12.5 Å². The third kappa shape index (κ3) is 8.44. The molecule has 0 saturated carbocycles. The van der Waals surface area contributed by atoms with Crippen LogP contribution in [0.25, 0.3) is 0 Å². The Bertz CT molecular complexity index is 1460. The molecule has 39 heavy (non-hydrogen) atoms. The molecule has 0 amide bonds. The lowest BCUT2D eigenvalue weighted by atomic mass is 10.2. The molecule has 0 bridgehead atoms. The van der Waals surface area contributed by atoms with Gasteiger partial charge in [-0.05, 0) is 72.4 Å². The fourth-order valence-corrected chi connectivity index (χ4v) is 6.40. The van der Waals surface area contributed by atoms with Crippen molar-refractivity contribution in [2.75, 3.05) is 13.2 Å². The Hall–Kier alpha value is -2.61. The van der Waals surface area contributed by atoms with E-state index in [1.54, 1.807) is 36.4 Å². The minimum atomic E-state index is -4.42. The SMILES string of the molecule is CCc1ccc(S(=O)(=O)OCC(COS(=O)(=O)c2ccc(CC)cc2)OS(=O)(=O)c2ccc(CC)cc2)cc1. The lowest BCUT2D eigenvalue weighted by Crippen LogP contribution is -2.31. The van der Waals surface area contributed by atoms with E-state index in [1.807, 2.05) is 20.8 Å². The van der Waals surface area contributed by atoms with E-state index < -0.39 is 49.7 Å². The Morgan fingerprint density at radius 2 is 0.769 bits per heavy atom. The number of hydrogen-bond acceptors (Lipinski definition) is 9. The first-order chi connectivity index (χ1) is 18.4. The summed E-state index contributed by atoms with van der Waals surface area (Å²) in [6.07, 6.45) is 0.511. The van der Waals surface area contributed by atoms with Crippen molar-refractivity contribution in [3.8, 4) is 0 Å². The molecule has 0 aliphatic rings. The van der Waals surface area contributed by atoms with Crippen molar-refractivity contribution in [1.29, 1.82) is 0 Å². The molecule has 3 aromatic carbocycles. The second kappa shape index (κ2) is 13.2. The number of rotatable bonds is 14. The smallest absolute Gasteiger partial charge is 0.263 e. The van der Waals surface area contributed by atoms with Crippen LogP contribution in [0.15, 0.2) is 87.5 Å². The van der Waals surface area contributed by atoms with E-state index in [2.05, 4.69) is 0 Å². The van der Waals surface area contributed by atoms with Gasteiger partial charge in [0.1, 0.15) is 6.10 Å². The highest BCUT2D eigenvalue weighted by Gasteiger charge is 2.28. The summed E-state index contributed by atoms with van der Waals surface area (Å²) < 4.78 is 92.2. The molecule has 0 spiro atoms. The Kier molecular flexibility index (Phi) is 10.4. The van der Waals surface area contributed by atoms with Crippen LogP contribution in [0.4, 0.5) is 0 Å². The van der Waals surface area contributed by atoms with Crippen LogP contribution >= 0.6 is 0 Å². The first-order valence-electron chi connectivity index (χ1n) is 12.4. The molecule has 0 atom stereocenters. The number of benzene rings is 3. The van der Waals surface area contributed by atoms with Gasteiger partial charge in [0.15, 0.2) is 0 Å². The molecule has 0 aliphatic heterocycles. The van der Waals surface area contributed by atoms with Crippen molar-refractivity contribution in [1.82, 2.24) is 0 Å². The zero-order valence-corrected chi connectivity index (χ0v) is 24.4. The molecular formula is C27H32O9S3. The fraction of sp³-hybridized carbons (Fsp3) is 0.333. The molecule has 0 aromatic heterocycles. The normalized spacial score (nSPS) is 12.6. The van der Waals surface area contributed by atoms with E-state index in [0.29, 0.717) is 19.3 Å². The zero-order chi connectivity index (χ0) is 28.7. The van der Waals surface area contributed by atoms with Crippen molar-refractivity contribution >= 4 is 30.4 Å². The molecule has 0 radical (unpaired) electrons. The molecule has 9 nitrogen and oxygen atoms in total. The Morgan fingerprint density at radius 1 is 0.487 bits per heavy atom. The average Bonchev–Trinajstić information content (AvgIpc) is 2.94. The van der Waals surface area contributed by atoms with E-state index in [0.717, 1.165) is 16.7 Å². The Balaban J connectivity index is 1.82. The zero-order valence-electron chi connectivity index (χ0n) is 21.9. The minimum Gasteiger partial charge on any atom is -0.263 e. The third-order valence-electron chi connectivity index (χ3n) is 5.94. The average molecular weight is 597 g/mol. The van der Waals surface area contributed by atoms with Gasteiger partial charge in [0.25, 0.3) is 30.4 Å². The maximum absolute atomic E-state index is 12.9. The quantitative estimate of drug-likeness (QED) is 0.251. The summed E-state index contributed by atoms with van der Waals surface area (Å²) in [5, 5.41) is 0. The molecule has 3 aromatic rings. The first-order valence-corrected chi connectivity index (χ1v) is 16.6. The second-order valence-corrected chi connectivity index (χ2v) is 13.4. The predicted octanol–water partition coefficient (Wildman–Crippen LogP) is 4.26. The minimum absolute atomic E-state index is 0.138. The van der Waals surface area contributed by atoms with Gasteiger partial charge in [0, 0.05) is 0 Å². The summed E-state index contributed by atoms with van der Waals surface area (Å²) in [4.78, 5) is -0.456. The van der Waals surface area contributed by atoms with Gasteiger partial charge < -0.3 is 0 Å². The van der Waals surface area contributed by atoms with Crippen molar-refractivity contribution in [3.05, 3.63) is 89.5 Å². The highest BCUT2D eigenvalue weighted by Crippen LogP contribution is 2.20. The monoisotopic (exact) mass is 596 g/mol. The summed E-state index contributed by atoms with van der Waals surface area (Å²) in [7, 11) is -13.0. The van der Waals surface area contributed by atoms with Crippen LogP contribution in [0, 0.1) is 0 Å². The fourth-order valence-electron chi connectivity index (χ4n) is 3.48. The summed E-state index contributed by atoms with van der Waals surface area (Å²) in [6.45, 7) is 4.13. The summed E-state index contributed by atoms with van der Waals surface area (Å²) >= 11 is 0. The van der Waals surface area contributed by atoms with Crippen LogP contribution in [0.2, 0.25) is 0 Å². The van der Waals surface area contributed by atoms with Crippen LogP contribution in [0.5, 0.6) is 0 Å². The standard InChI is InChI=1S/C27H32O9S3/c1-4-21-7-13-25(14-8-21)37(28,29)34-19-24(36-39(32,33)27-17-11-23(6-3)12-18-27)20-35-38(30,31)26-15-9-22(5-2)10-16-26/h7-18,24H,4-6,19-20H2,1-3H3. The van der Waals surface area contributed by atoms with Gasteiger partial charge in [-0.25, -0.2) is 0 Å². The number of hydrogen-bond donors (Lipinski definition) is 0. The van der Waals surface area contributed by atoms with Gasteiger partial charge in [-0.1, -0.05) is 57.2 Å². The first kappa shape index (κ1) is 30.9. The van der Waals surface area contributed by atoms with Crippen molar-refractivity contribution < 1.29 is 37.8 Å². The van der Waals surface area contributed by atoms with Crippen LogP contribution in [0.3, 0.4) is 0 Å². The highest BCUT2D eigenvalue weighted by molar-refractivity contribution is 7.87. The highest BCUT2D eigenvalue weighted by atomic mass is 32.2. The van der Waals surface area contributed by atoms with Crippen LogP contribution in [-0.4, -0.2) is 44.6 Å². The largest absolute Gasteiger partial charge is 0.297 e. The Labute approximate surface area is 231 Å². The maximum atomic E-state index is 12.9. The molecule has 0 aliphatic carbocycles. The van der Waals surface area contributed by atoms with Crippen LogP contribution < -0.4 is 0 Å². The van der Waals surface area contributed by atoms with Gasteiger partial charge >= 0.3 is 0 Å². The lowest BCUT2D eigenvalue weighted by molar-refractivity contribution is 0.0909. The van der Waals surface area contributed by atoms with E-state index in [-0.39, 0.29) is 14.7 Å². The van der Waals surface area contributed by atoms with Crippen molar-refractivity contribution in [2.45, 2.75) is 60.8 Å². The van der Waals surface area contributed by atoms with E-state index in [9.17, 15) is 25.3 Å². The molecule has 0 N–H and O–H groups in total. The van der Waals surface area contributed by atoms with Gasteiger partial charge in [-0.2, -0.15) is 25.3 Å². The van der Waals surface area contributed by atoms with Gasteiger partial charge in [-0.15, -0.1) is 0 Å². The molecule has 0 unspecified atom stereocenters. The summed E-state index contributed by atoms with van der Waals surface area (Å²) in [5.74, 6) is 0. The van der Waals surface area contributed by atoms with Gasteiger partial charge in [-0.3, -0.25) is 12.5 Å². The summed E-state index contributed by atoms with van der Waals surface area (Å²) in [6, 6.07) is 18.0. The van der Waals surface area contributed by atoms with Crippen molar-refractivity contribution in [2.24, 2.45) is 0 Å². The summed E-state index contributed by atoms with van der Waals surface area (Å²) in [5.41, 5.74) is 2.74. The Morgan fingerprint density at radius 3 is 1.05 bits per heavy atom. The third-order valence-corrected chi connectivity index (χ3v) is 9.91.